The monoisotopic (exact) mass is 324 g/mol. The van der Waals surface area contributed by atoms with Crippen molar-refractivity contribution in [2.24, 2.45) is 0 Å². The summed E-state index contributed by atoms with van der Waals surface area (Å²) in [6.45, 7) is 3.46. The summed E-state index contributed by atoms with van der Waals surface area (Å²) in [5.41, 5.74) is 7.72. The van der Waals surface area contributed by atoms with Gasteiger partial charge in [0.05, 0.1) is 6.54 Å². The van der Waals surface area contributed by atoms with Crippen LogP contribution in [0, 0.1) is 0 Å². The molecule has 0 spiro atoms. The molecule has 0 unspecified atom stereocenters. The topological polar surface area (TPSA) is 46.3 Å². The third kappa shape index (κ3) is 5.06. The number of benzene rings is 1. The van der Waals surface area contributed by atoms with Crippen LogP contribution in [0.25, 0.3) is 0 Å². The van der Waals surface area contributed by atoms with Gasteiger partial charge in [0.1, 0.15) is 0 Å². The maximum Gasteiger partial charge on any atom is 0.223 e. The van der Waals surface area contributed by atoms with E-state index in [0.29, 0.717) is 19.4 Å². The number of hydrogen-bond acceptors (Lipinski definition) is 3. The lowest BCUT2D eigenvalue weighted by atomic mass is 10.1. The van der Waals surface area contributed by atoms with Crippen molar-refractivity contribution in [1.29, 1.82) is 0 Å². The molecule has 1 aromatic carbocycles. The van der Waals surface area contributed by atoms with Gasteiger partial charge in [0.2, 0.25) is 5.91 Å². The first kappa shape index (κ1) is 17.5. The van der Waals surface area contributed by atoms with Crippen LogP contribution < -0.4 is 5.73 Å². The van der Waals surface area contributed by atoms with Crippen molar-refractivity contribution in [3.05, 3.63) is 52.2 Å². The highest BCUT2D eigenvalue weighted by Gasteiger charge is 2.13. The van der Waals surface area contributed by atoms with Gasteiger partial charge in [-0.15, -0.1) is 23.7 Å². The van der Waals surface area contributed by atoms with Crippen LogP contribution in [0.2, 0.25) is 0 Å². The molecule has 0 atom stereocenters. The van der Waals surface area contributed by atoms with Crippen molar-refractivity contribution < 1.29 is 4.79 Å². The largest absolute Gasteiger partial charge is 0.399 e. The third-order valence-electron chi connectivity index (χ3n) is 3.32. The van der Waals surface area contributed by atoms with Gasteiger partial charge >= 0.3 is 0 Å². The molecular weight excluding hydrogens is 304 g/mol. The normalized spacial score (nSPS) is 9.95. The zero-order chi connectivity index (χ0) is 14.4. The number of nitrogens with zero attached hydrogens (tertiary/aromatic N) is 1. The molecule has 0 aliphatic carbocycles. The summed E-state index contributed by atoms with van der Waals surface area (Å²) in [7, 11) is 0. The van der Waals surface area contributed by atoms with Crippen molar-refractivity contribution >= 4 is 35.3 Å². The van der Waals surface area contributed by atoms with E-state index in [1.165, 1.54) is 4.88 Å². The van der Waals surface area contributed by atoms with Gasteiger partial charge < -0.3 is 10.6 Å². The van der Waals surface area contributed by atoms with Gasteiger partial charge in [-0.1, -0.05) is 24.3 Å². The van der Waals surface area contributed by atoms with E-state index in [0.717, 1.165) is 17.8 Å². The van der Waals surface area contributed by atoms with E-state index in [1.807, 2.05) is 47.5 Å². The molecule has 0 aliphatic heterocycles. The number of rotatable bonds is 6. The number of carbonyl (C=O) groups excluding carboxylic acids is 1. The van der Waals surface area contributed by atoms with Crippen molar-refractivity contribution in [3.8, 4) is 0 Å². The van der Waals surface area contributed by atoms with Gasteiger partial charge in [0.25, 0.3) is 0 Å². The van der Waals surface area contributed by atoms with E-state index in [2.05, 4.69) is 6.07 Å². The highest BCUT2D eigenvalue weighted by Crippen LogP contribution is 2.15. The van der Waals surface area contributed by atoms with E-state index in [9.17, 15) is 4.79 Å². The van der Waals surface area contributed by atoms with Crippen LogP contribution in [-0.2, 0) is 17.8 Å². The molecule has 0 radical (unpaired) electrons. The van der Waals surface area contributed by atoms with E-state index >= 15 is 0 Å². The average molecular weight is 325 g/mol. The van der Waals surface area contributed by atoms with Gasteiger partial charge in [-0.25, -0.2) is 0 Å². The lowest BCUT2D eigenvalue weighted by Gasteiger charge is -2.20. The first-order chi connectivity index (χ1) is 9.70. The SMILES string of the molecule is CCN(Cc1cccs1)C(=O)CCc1ccccc1N.Cl. The molecule has 0 saturated heterocycles. The minimum absolute atomic E-state index is 0. The molecule has 21 heavy (non-hydrogen) atoms. The fraction of sp³-hybridized carbons (Fsp3) is 0.312. The van der Waals surface area contributed by atoms with E-state index in [-0.39, 0.29) is 18.3 Å². The van der Waals surface area contributed by atoms with Gasteiger partial charge in [0, 0.05) is 23.5 Å². The van der Waals surface area contributed by atoms with Crippen LogP contribution in [0.15, 0.2) is 41.8 Å². The number of amides is 1. The van der Waals surface area contributed by atoms with Gasteiger partial charge in [0.15, 0.2) is 0 Å². The van der Waals surface area contributed by atoms with E-state index < -0.39 is 0 Å². The predicted octanol–water partition coefficient (Wildman–Crippen LogP) is 3.73. The molecule has 5 heteroatoms. The molecule has 3 nitrogen and oxygen atoms in total. The summed E-state index contributed by atoms with van der Waals surface area (Å²) in [5, 5.41) is 2.04. The van der Waals surface area contributed by atoms with E-state index in [1.54, 1.807) is 11.3 Å². The zero-order valence-corrected chi connectivity index (χ0v) is 13.8. The minimum atomic E-state index is 0. The summed E-state index contributed by atoms with van der Waals surface area (Å²) in [4.78, 5) is 15.4. The maximum atomic E-state index is 12.3. The Bertz CT molecular complexity index is 557. The molecule has 1 aromatic heterocycles. The second kappa shape index (κ2) is 8.70. The number of carbonyl (C=O) groups is 1. The maximum absolute atomic E-state index is 12.3. The third-order valence-corrected chi connectivity index (χ3v) is 4.19. The molecule has 1 amide bonds. The Kier molecular flexibility index (Phi) is 7.26. The Morgan fingerprint density at radius 2 is 2.00 bits per heavy atom. The first-order valence-corrected chi connectivity index (χ1v) is 7.72. The molecular formula is C16H21ClN2OS. The van der Waals surface area contributed by atoms with Crippen molar-refractivity contribution in [3.63, 3.8) is 0 Å². The molecule has 2 rings (SSSR count). The molecule has 2 N–H and O–H groups in total. The molecule has 0 aliphatic rings. The fourth-order valence-electron chi connectivity index (χ4n) is 2.13. The Morgan fingerprint density at radius 1 is 1.24 bits per heavy atom. The summed E-state index contributed by atoms with van der Waals surface area (Å²) in [5.74, 6) is 0.184. The number of para-hydroxylation sites is 1. The Hall–Kier alpha value is -1.52. The molecule has 0 bridgehead atoms. The van der Waals surface area contributed by atoms with Crippen LogP contribution in [0.3, 0.4) is 0 Å². The van der Waals surface area contributed by atoms with Crippen LogP contribution in [-0.4, -0.2) is 17.4 Å². The Labute approximate surface area is 136 Å². The van der Waals surface area contributed by atoms with Crippen LogP contribution in [0.1, 0.15) is 23.8 Å². The molecule has 2 aromatic rings. The van der Waals surface area contributed by atoms with Crippen molar-refractivity contribution in [1.82, 2.24) is 4.90 Å². The van der Waals surface area contributed by atoms with Crippen LogP contribution in [0.5, 0.6) is 0 Å². The molecule has 1 heterocycles. The number of anilines is 1. The molecule has 114 valence electrons. The predicted molar refractivity (Wildman–Crippen MR) is 91.8 cm³/mol. The number of halogens is 1. The van der Waals surface area contributed by atoms with Crippen molar-refractivity contribution in [2.75, 3.05) is 12.3 Å². The Morgan fingerprint density at radius 3 is 2.62 bits per heavy atom. The highest BCUT2D eigenvalue weighted by atomic mass is 35.5. The number of hydrogen-bond donors (Lipinski definition) is 1. The van der Waals surface area contributed by atoms with Gasteiger partial charge in [-0.2, -0.15) is 0 Å². The second-order valence-corrected chi connectivity index (χ2v) is 5.72. The summed E-state index contributed by atoms with van der Waals surface area (Å²) >= 11 is 1.69. The second-order valence-electron chi connectivity index (χ2n) is 4.69. The summed E-state index contributed by atoms with van der Waals surface area (Å²) < 4.78 is 0. The lowest BCUT2D eigenvalue weighted by Crippen LogP contribution is -2.30. The number of aryl methyl sites for hydroxylation is 1. The smallest absolute Gasteiger partial charge is 0.223 e. The summed E-state index contributed by atoms with van der Waals surface area (Å²) in [6.07, 6.45) is 1.21. The first-order valence-electron chi connectivity index (χ1n) is 6.84. The van der Waals surface area contributed by atoms with Crippen LogP contribution in [0.4, 0.5) is 5.69 Å². The highest BCUT2D eigenvalue weighted by molar-refractivity contribution is 7.09. The number of thiophene rings is 1. The fourth-order valence-corrected chi connectivity index (χ4v) is 2.85. The summed E-state index contributed by atoms with van der Waals surface area (Å²) in [6, 6.07) is 11.8. The Balaban J connectivity index is 0.00000220. The lowest BCUT2D eigenvalue weighted by molar-refractivity contribution is -0.131. The zero-order valence-electron chi connectivity index (χ0n) is 12.1. The quantitative estimate of drug-likeness (QED) is 0.823. The number of nitrogen functional groups attached to an aromatic ring is 1. The van der Waals surface area contributed by atoms with Gasteiger partial charge in [-0.3, -0.25) is 4.79 Å². The minimum Gasteiger partial charge on any atom is -0.399 e. The average Bonchev–Trinajstić information content (AvgIpc) is 2.96. The van der Waals surface area contributed by atoms with Gasteiger partial charge in [-0.05, 0) is 36.4 Å². The molecule has 0 fully saturated rings. The van der Waals surface area contributed by atoms with Crippen LogP contribution >= 0.6 is 23.7 Å². The number of nitrogens with two attached hydrogens (primary N) is 1. The van der Waals surface area contributed by atoms with E-state index in [4.69, 9.17) is 5.73 Å². The van der Waals surface area contributed by atoms with Crippen molar-refractivity contribution in [2.45, 2.75) is 26.3 Å². The standard InChI is InChI=1S/C16H20N2OS.ClH/c1-2-18(12-14-7-5-11-20-14)16(19)10-9-13-6-3-4-8-15(13)17;/h3-8,11H,2,9-10,12,17H2,1H3;1H. The molecule has 0 saturated carbocycles.